The van der Waals surface area contributed by atoms with E-state index in [0.717, 1.165) is 3.79 Å². The minimum atomic E-state index is -0.0672. The Morgan fingerprint density at radius 3 is 2.58 bits per heavy atom. The van der Waals surface area contributed by atoms with Gasteiger partial charge in [0.2, 0.25) is 0 Å². The fourth-order valence-electron chi connectivity index (χ4n) is 2.46. The van der Waals surface area contributed by atoms with Crippen LogP contribution in [0.25, 0.3) is 10.8 Å². The largest absolute Gasteiger partial charge is 0.320 e. The van der Waals surface area contributed by atoms with Gasteiger partial charge in [-0.15, -0.1) is 11.3 Å². The highest BCUT2D eigenvalue weighted by Crippen LogP contribution is 2.34. The number of hydrogen-bond donors (Lipinski definition) is 1. The molecule has 0 amide bonds. The lowest BCUT2D eigenvalue weighted by molar-refractivity contribution is 0.893. The Balaban J connectivity index is 2.21. The Hall–Kier alpha value is -1.16. The highest BCUT2D eigenvalue weighted by molar-refractivity contribution is 9.11. The van der Waals surface area contributed by atoms with E-state index in [9.17, 15) is 0 Å². The molecule has 19 heavy (non-hydrogen) atoms. The molecule has 0 spiro atoms. The molecule has 1 aromatic heterocycles. The van der Waals surface area contributed by atoms with Crippen LogP contribution in [-0.2, 0) is 0 Å². The summed E-state index contributed by atoms with van der Waals surface area (Å²) in [5.74, 6) is 0. The fourth-order valence-corrected chi connectivity index (χ4v) is 3.89. The Morgan fingerprint density at radius 2 is 1.84 bits per heavy atom. The summed E-state index contributed by atoms with van der Waals surface area (Å²) >= 11 is 5.20. The SMILES string of the molecule is Cc1ccc2ccccc2c1C(N)c1ccc(Br)s1. The molecule has 2 aromatic carbocycles. The standard InChI is InChI=1S/C16H14BrNS/c1-10-6-7-11-4-2-3-5-12(11)15(10)16(18)13-8-9-14(17)19-13/h2-9,16H,18H2,1H3. The van der Waals surface area contributed by atoms with Gasteiger partial charge in [-0.05, 0) is 56.9 Å². The number of nitrogens with two attached hydrogens (primary N) is 1. The maximum atomic E-state index is 6.49. The van der Waals surface area contributed by atoms with Gasteiger partial charge in [-0.2, -0.15) is 0 Å². The molecule has 0 radical (unpaired) electrons. The summed E-state index contributed by atoms with van der Waals surface area (Å²) in [6.45, 7) is 2.13. The molecule has 0 aliphatic rings. The average Bonchev–Trinajstić information content (AvgIpc) is 2.85. The molecule has 0 fully saturated rings. The minimum absolute atomic E-state index is 0.0672. The molecule has 0 aliphatic heterocycles. The highest BCUT2D eigenvalue weighted by Gasteiger charge is 2.16. The van der Waals surface area contributed by atoms with Crippen molar-refractivity contribution in [2.24, 2.45) is 5.73 Å². The number of thiophene rings is 1. The second kappa shape index (κ2) is 5.08. The molecule has 0 bridgehead atoms. The monoisotopic (exact) mass is 331 g/mol. The number of rotatable bonds is 2. The van der Waals surface area contributed by atoms with Gasteiger partial charge in [0, 0.05) is 4.88 Å². The molecular weight excluding hydrogens is 318 g/mol. The van der Waals surface area contributed by atoms with Gasteiger partial charge in [0.05, 0.1) is 9.83 Å². The summed E-state index contributed by atoms with van der Waals surface area (Å²) in [4.78, 5) is 1.19. The van der Waals surface area contributed by atoms with E-state index < -0.39 is 0 Å². The van der Waals surface area contributed by atoms with Crippen molar-refractivity contribution in [3.05, 3.63) is 68.3 Å². The Bertz CT molecular complexity index is 732. The van der Waals surface area contributed by atoms with Crippen LogP contribution in [0.4, 0.5) is 0 Å². The molecule has 96 valence electrons. The van der Waals surface area contributed by atoms with E-state index in [-0.39, 0.29) is 6.04 Å². The zero-order chi connectivity index (χ0) is 13.4. The van der Waals surface area contributed by atoms with Crippen LogP contribution in [0.3, 0.4) is 0 Å². The van der Waals surface area contributed by atoms with Crippen molar-refractivity contribution in [3.63, 3.8) is 0 Å². The van der Waals surface area contributed by atoms with Gasteiger partial charge in [0.1, 0.15) is 0 Å². The molecule has 2 N–H and O–H groups in total. The van der Waals surface area contributed by atoms with Crippen molar-refractivity contribution in [3.8, 4) is 0 Å². The Kier molecular flexibility index (Phi) is 3.44. The van der Waals surface area contributed by atoms with E-state index in [4.69, 9.17) is 5.73 Å². The second-order valence-corrected chi connectivity index (χ2v) is 7.13. The number of aryl methyl sites for hydroxylation is 1. The van der Waals surface area contributed by atoms with Crippen LogP contribution in [0.15, 0.2) is 52.3 Å². The third kappa shape index (κ3) is 2.34. The summed E-state index contributed by atoms with van der Waals surface area (Å²) in [7, 11) is 0. The molecule has 3 aromatic rings. The van der Waals surface area contributed by atoms with Crippen LogP contribution in [0.5, 0.6) is 0 Å². The van der Waals surface area contributed by atoms with Crippen LogP contribution in [0.1, 0.15) is 22.0 Å². The van der Waals surface area contributed by atoms with Crippen LogP contribution in [0, 0.1) is 6.92 Å². The number of halogens is 1. The number of fused-ring (bicyclic) bond motifs is 1. The van der Waals surface area contributed by atoms with Crippen LogP contribution in [0.2, 0.25) is 0 Å². The molecule has 0 saturated carbocycles. The summed E-state index contributed by atoms with van der Waals surface area (Å²) in [6, 6.07) is 16.8. The quantitative estimate of drug-likeness (QED) is 0.700. The lowest BCUT2D eigenvalue weighted by Gasteiger charge is -2.16. The van der Waals surface area contributed by atoms with Crippen molar-refractivity contribution in [1.29, 1.82) is 0 Å². The molecule has 1 nitrogen and oxygen atoms in total. The molecule has 1 heterocycles. The van der Waals surface area contributed by atoms with E-state index in [2.05, 4.69) is 71.4 Å². The summed E-state index contributed by atoms with van der Waals surface area (Å²) < 4.78 is 1.12. The summed E-state index contributed by atoms with van der Waals surface area (Å²) in [5, 5.41) is 2.49. The van der Waals surface area contributed by atoms with Crippen LogP contribution >= 0.6 is 27.3 Å². The second-order valence-electron chi connectivity index (χ2n) is 4.64. The van der Waals surface area contributed by atoms with Gasteiger partial charge in [-0.1, -0.05) is 36.4 Å². The van der Waals surface area contributed by atoms with Crippen molar-refractivity contribution in [2.75, 3.05) is 0 Å². The first-order chi connectivity index (χ1) is 9.16. The van der Waals surface area contributed by atoms with E-state index in [1.165, 1.54) is 26.8 Å². The van der Waals surface area contributed by atoms with Crippen molar-refractivity contribution in [2.45, 2.75) is 13.0 Å². The molecule has 1 atom stereocenters. The van der Waals surface area contributed by atoms with E-state index in [0.29, 0.717) is 0 Å². The smallest absolute Gasteiger partial charge is 0.0702 e. The van der Waals surface area contributed by atoms with Gasteiger partial charge in [0.15, 0.2) is 0 Å². The van der Waals surface area contributed by atoms with E-state index in [1.807, 2.05) is 0 Å². The zero-order valence-corrected chi connectivity index (χ0v) is 13.0. The maximum absolute atomic E-state index is 6.49. The molecular formula is C16H14BrNS. The van der Waals surface area contributed by atoms with Crippen LogP contribution in [-0.4, -0.2) is 0 Å². The zero-order valence-electron chi connectivity index (χ0n) is 10.6. The van der Waals surface area contributed by atoms with E-state index in [1.54, 1.807) is 11.3 Å². The Morgan fingerprint density at radius 1 is 1.05 bits per heavy atom. The molecule has 0 aliphatic carbocycles. The minimum Gasteiger partial charge on any atom is -0.320 e. The van der Waals surface area contributed by atoms with E-state index >= 15 is 0 Å². The van der Waals surface area contributed by atoms with Crippen molar-refractivity contribution < 1.29 is 0 Å². The topological polar surface area (TPSA) is 26.0 Å². The van der Waals surface area contributed by atoms with Crippen molar-refractivity contribution >= 4 is 38.0 Å². The fraction of sp³-hybridized carbons (Fsp3) is 0.125. The number of benzene rings is 2. The predicted octanol–water partition coefficient (Wildman–Crippen LogP) is 5.02. The van der Waals surface area contributed by atoms with Gasteiger partial charge in [0.25, 0.3) is 0 Å². The van der Waals surface area contributed by atoms with Crippen molar-refractivity contribution in [1.82, 2.24) is 0 Å². The average molecular weight is 332 g/mol. The maximum Gasteiger partial charge on any atom is 0.0702 e. The van der Waals surface area contributed by atoms with Crippen LogP contribution < -0.4 is 5.73 Å². The third-order valence-electron chi connectivity index (χ3n) is 3.40. The highest BCUT2D eigenvalue weighted by atomic mass is 79.9. The van der Waals surface area contributed by atoms with Gasteiger partial charge in [-0.25, -0.2) is 0 Å². The lowest BCUT2D eigenvalue weighted by atomic mass is 9.94. The van der Waals surface area contributed by atoms with Gasteiger partial charge >= 0.3 is 0 Å². The molecule has 0 saturated heterocycles. The summed E-state index contributed by atoms with van der Waals surface area (Å²) in [6.07, 6.45) is 0. The van der Waals surface area contributed by atoms with Gasteiger partial charge < -0.3 is 5.73 Å². The first kappa shape index (κ1) is 12.9. The Labute approximate surface area is 125 Å². The molecule has 1 unspecified atom stereocenters. The molecule has 3 rings (SSSR count). The first-order valence-corrected chi connectivity index (χ1v) is 7.77. The molecule has 3 heteroatoms. The van der Waals surface area contributed by atoms with Gasteiger partial charge in [-0.3, -0.25) is 0 Å². The number of hydrogen-bond acceptors (Lipinski definition) is 2. The lowest BCUT2D eigenvalue weighted by Crippen LogP contribution is -2.12. The predicted molar refractivity (Wildman–Crippen MR) is 86.7 cm³/mol. The first-order valence-electron chi connectivity index (χ1n) is 6.16. The third-order valence-corrected chi connectivity index (χ3v) is 5.11. The normalized spacial score (nSPS) is 12.8. The summed E-state index contributed by atoms with van der Waals surface area (Å²) in [5.41, 5.74) is 8.96.